The Kier molecular flexibility index (Phi) is 6.94. The van der Waals surface area contributed by atoms with E-state index in [1.807, 2.05) is 12.1 Å². The van der Waals surface area contributed by atoms with Crippen LogP contribution in [-0.4, -0.2) is 81.8 Å². The van der Waals surface area contributed by atoms with Crippen molar-refractivity contribution in [3.05, 3.63) is 46.8 Å². The van der Waals surface area contributed by atoms with Crippen LogP contribution in [0.4, 0.5) is 5.69 Å². The first-order chi connectivity index (χ1) is 15.3. The monoisotopic (exact) mass is 477 g/mol. The number of ketones is 1. The molecular formula is C22H27N3O5S2. The minimum atomic E-state index is -3.59. The highest BCUT2D eigenvalue weighted by Gasteiger charge is 2.30. The number of rotatable bonds is 6. The van der Waals surface area contributed by atoms with Gasteiger partial charge in [0, 0.05) is 55.4 Å². The van der Waals surface area contributed by atoms with Crippen LogP contribution in [0.3, 0.4) is 0 Å². The highest BCUT2D eigenvalue weighted by atomic mass is 32.2. The molecule has 8 nitrogen and oxygen atoms in total. The van der Waals surface area contributed by atoms with E-state index in [4.69, 9.17) is 4.74 Å². The van der Waals surface area contributed by atoms with E-state index in [-0.39, 0.29) is 22.3 Å². The fourth-order valence-electron chi connectivity index (χ4n) is 3.89. The number of Topliss-reactive ketones (excluding diaryl/α,β-unsaturated/α-hetero) is 1. The van der Waals surface area contributed by atoms with Crippen LogP contribution < -0.4 is 4.90 Å². The molecule has 0 spiro atoms. The molecule has 0 radical (unpaired) electrons. The Balaban J connectivity index is 1.36. The lowest BCUT2D eigenvalue weighted by Gasteiger charge is -2.35. The zero-order valence-electron chi connectivity index (χ0n) is 18.0. The molecule has 2 aliphatic heterocycles. The number of thiophene rings is 1. The van der Waals surface area contributed by atoms with Crippen LogP contribution in [-0.2, 0) is 26.0 Å². The van der Waals surface area contributed by atoms with E-state index in [9.17, 15) is 18.0 Å². The van der Waals surface area contributed by atoms with Crippen molar-refractivity contribution in [1.82, 2.24) is 9.21 Å². The van der Waals surface area contributed by atoms with Gasteiger partial charge in [0.15, 0.2) is 5.78 Å². The fraction of sp³-hybridized carbons (Fsp3) is 0.455. The molecule has 3 heterocycles. The molecule has 32 heavy (non-hydrogen) atoms. The van der Waals surface area contributed by atoms with E-state index in [2.05, 4.69) is 4.90 Å². The molecule has 2 aliphatic rings. The number of carbonyl (C=O) groups is 2. The van der Waals surface area contributed by atoms with Crippen molar-refractivity contribution >= 4 is 38.7 Å². The maximum atomic E-state index is 13.1. The summed E-state index contributed by atoms with van der Waals surface area (Å²) in [4.78, 5) is 28.5. The van der Waals surface area contributed by atoms with Crippen LogP contribution in [0, 0.1) is 0 Å². The highest BCUT2D eigenvalue weighted by Crippen LogP contribution is 2.27. The van der Waals surface area contributed by atoms with Crippen LogP contribution in [0.5, 0.6) is 0 Å². The van der Waals surface area contributed by atoms with Crippen LogP contribution in [0.15, 0.2) is 40.6 Å². The van der Waals surface area contributed by atoms with Crippen LogP contribution in [0.1, 0.15) is 22.2 Å². The predicted octanol–water partition coefficient (Wildman–Crippen LogP) is 1.86. The molecule has 172 valence electrons. The van der Waals surface area contributed by atoms with Crippen LogP contribution >= 0.6 is 11.3 Å². The van der Waals surface area contributed by atoms with Gasteiger partial charge in [-0.1, -0.05) is 0 Å². The highest BCUT2D eigenvalue weighted by molar-refractivity contribution is 7.91. The largest absolute Gasteiger partial charge is 0.378 e. The lowest BCUT2D eigenvalue weighted by Crippen LogP contribution is -2.48. The zero-order valence-corrected chi connectivity index (χ0v) is 19.7. The van der Waals surface area contributed by atoms with E-state index < -0.39 is 10.0 Å². The Morgan fingerprint density at radius 2 is 1.59 bits per heavy atom. The fourth-order valence-corrected chi connectivity index (χ4v) is 6.81. The van der Waals surface area contributed by atoms with Crippen molar-refractivity contribution in [3.8, 4) is 0 Å². The van der Waals surface area contributed by atoms with Crippen molar-refractivity contribution < 1.29 is 22.7 Å². The molecule has 2 fully saturated rings. The number of piperazine rings is 1. The Morgan fingerprint density at radius 1 is 0.938 bits per heavy atom. The number of ether oxygens (including phenoxy) is 1. The Morgan fingerprint density at radius 3 is 2.22 bits per heavy atom. The van der Waals surface area contributed by atoms with Crippen molar-refractivity contribution in [2.45, 2.75) is 17.6 Å². The molecule has 0 N–H and O–H groups in total. The summed E-state index contributed by atoms with van der Waals surface area (Å²) in [6, 6.07) is 10.7. The molecule has 1 amide bonds. The first-order valence-corrected chi connectivity index (χ1v) is 12.9. The quantitative estimate of drug-likeness (QED) is 0.591. The van der Waals surface area contributed by atoms with Gasteiger partial charge in [-0.2, -0.15) is 4.31 Å². The third-order valence-corrected chi connectivity index (χ3v) is 9.25. The van der Waals surface area contributed by atoms with Gasteiger partial charge in [-0.05, 0) is 43.3 Å². The molecule has 0 aliphatic carbocycles. The summed E-state index contributed by atoms with van der Waals surface area (Å²) in [6.07, 6.45) is 0.213. The van der Waals surface area contributed by atoms with Crippen molar-refractivity contribution in [1.29, 1.82) is 0 Å². The van der Waals surface area contributed by atoms with Crippen molar-refractivity contribution in [2.24, 2.45) is 0 Å². The second kappa shape index (κ2) is 9.70. The van der Waals surface area contributed by atoms with E-state index >= 15 is 0 Å². The van der Waals surface area contributed by atoms with E-state index in [1.165, 1.54) is 22.6 Å². The van der Waals surface area contributed by atoms with E-state index in [1.54, 1.807) is 29.2 Å². The summed E-state index contributed by atoms with van der Waals surface area (Å²) in [5.74, 6) is 0.0259. The van der Waals surface area contributed by atoms with E-state index in [0.717, 1.165) is 10.6 Å². The molecular weight excluding hydrogens is 450 g/mol. The topological polar surface area (TPSA) is 87.2 Å². The number of sulfonamides is 1. The van der Waals surface area contributed by atoms with E-state index in [0.29, 0.717) is 58.0 Å². The van der Waals surface area contributed by atoms with Gasteiger partial charge in [-0.3, -0.25) is 9.59 Å². The minimum absolute atomic E-state index is 0.00324. The van der Waals surface area contributed by atoms with Crippen LogP contribution in [0.2, 0.25) is 0 Å². The van der Waals surface area contributed by atoms with Gasteiger partial charge in [-0.25, -0.2) is 8.42 Å². The minimum Gasteiger partial charge on any atom is -0.378 e. The molecule has 1 aromatic heterocycles. The average molecular weight is 478 g/mol. The Labute approximate surface area is 192 Å². The van der Waals surface area contributed by atoms with Crippen molar-refractivity contribution in [3.63, 3.8) is 0 Å². The number of benzene rings is 1. The molecule has 0 unspecified atom stereocenters. The number of nitrogens with zero attached hydrogens (tertiary/aromatic N) is 3. The summed E-state index contributed by atoms with van der Waals surface area (Å²) < 4.78 is 33.3. The number of anilines is 1. The number of hydrogen-bond donors (Lipinski definition) is 0. The third-order valence-electron chi connectivity index (χ3n) is 5.80. The summed E-state index contributed by atoms with van der Waals surface area (Å²) >= 11 is 1.17. The molecule has 1 aromatic carbocycles. The maximum Gasteiger partial charge on any atom is 0.252 e. The number of morpholine rings is 1. The van der Waals surface area contributed by atoms with Gasteiger partial charge in [-0.15, -0.1) is 11.3 Å². The second-order valence-electron chi connectivity index (χ2n) is 7.88. The van der Waals surface area contributed by atoms with Gasteiger partial charge in [0.05, 0.1) is 19.6 Å². The Hall–Kier alpha value is -2.27. The van der Waals surface area contributed by atoms with Gasteiger partial charge >= 0.3 is 0 Å². The third kappa shape index (κ3) is 5.03. The standard InChI is InChI=1S/C22H27N3O5S2/c1-17(26)18-2-4-19(5-3-18)23-8-10-25(11-9-23)32(28,29)22-7-6-20(31-22)16-21(27)24-12-14-30-15-13-24/h2-7H,8-16H2,1H3. The van der Waals surface area contributed by atoms with Gasteiger partial charge in [0.1, 0.15) is 4.21 Å². The van der Waals surface area contributed by atoms with Crippen molar-refractivity contribution in [2.75, 3.05) is 57.4 Å². The first-order valence-electron chi connectivity index (χ1n) is 10.6. The molecule has 10 heteroatoms. The number of carbonyl (C=O) groups excluding carboxylic acids is 2. The smallest absolute Gasteiger partial charge is 0.252 e. The first kappa shape index (κ1) is 22.9. The van der Waals surface area contributed by atoms with Gasteiger partial charge < -0.3 is 14.5 Å². The number of hydrogen-bond acceptors (Lipinski definition) is 7. The molecule has 0 atom stereocenters. The lowest BCUT2D eigenvalue weighted by molar-refractivity contribution is -0.134. The summed E-state index contributed by atoms with van der Waals surface area (Å²) in [7, 11) is -3.59. The van der Waals surface area contributed by atoms with Crippen LogP contribution in [0.25, 0.3) is 0 Å². The zero-order chi connectivity index (χ0) is 22.7. The lowest BCUT2D eigenvalue weighted by atomic mass is 10.1. The SMILES string of the molecule is CC(=O)c1ccc(N2CCN(S(=O)(=O)c3ccc(CC(=O)N4CCOCC4)s3)CC2)cc1. The Bertz CT molecular complexity index is 1070. The summed E-state index contributed by atoms with van der Waals surface area (Å²) in [5.41, 5.74) is 1.64. The average Bonchev–Trinajstić information content (AvgIpc) is 3.29. The van der Waals surface area contributed by atoms with Gasteiger partial charge in [0.25, 0.3) is 10.0 Å². The predicted molar refractivity (Wildman–Crippen MR) is 123 cm³/mol. The molecule has 0 saturated carbocycles. The maximum absolute atomic E-state index is 13.1. The summed E-state index contributed by atoms with van der Waals surface area (Å²) in [6.45, 7) is 5.71. The molecule has 0 bridgehead atoms. The molecule has 2 saturated heterocycles. The number of amides is 1. The van der Waals surface area contributed by atoms with Gasteiger partial charge in [0.2, 0.25) is 5.91 Å². The molecule has 4 rings (SSSR count). The normalized spacial score (nSPS) is 18.0. The summed E-state index contributed by atoms with van der Waals surface area (Å²) in [5, 5.41) is 0. The second-order valence-corrected chi connectivity index (χ2v) is 11.2. The molecule has 2 aromatic rings.